The molecule has 10 nitrogen and oxygen atoms in total. The van der Waals surface area contributed by atoms with Crippen molar-refractivity contribution in [3.63, 3.8) is 0 Å². The first kappa shape index (κ1) is 23.3. The smallest absolute Gasteiger partial charge is 0.352 e. The van der Waals surface area contributed by atoms with Crippen molar-refractivity contribution in [1.29, 1.82) is 0 Å². The van der Waals surface area contributed by atoms with Crippen LogP contribution in [0.5, 0.6) is 0 Å². The molecule has 35 heavy (non-hydrogen) atoms. The van der Waals surface area contributed by atoms with Gasteiger partial charge in [-0.15, -0.1) is 16.9 Å². The van der Waals surface area contributed by atoms with Crippen molar-refractivity contribution in [1.82, 2.24) is 25.1 Å². The number of nitrogens with zero attached hydrogens (tertiary/aromatic N) is 6. The van der Waals surface area contributed by atoms with Gasteiger partial charge in [0.25, 0.3) is 5.91 Å². The monoisotopic (exact) mass is 514 g/mol. The Morgan fingerprint density at radius 1 is 1.29 bits per heavy atom. The highest BCUT2D eigenvalue weighted by Gasteiger charge is 2.53. The van der Waals surface area contributed by atoms with E-state index in [-0.39, 0.29) is 22.8 Å². The summed E-state index contributed by atoms with van der Waals surface area (Å²) >= 11 is 2.87. The summed E-state index contributed by atoms with van der Waals surface area (Å²) in [7, 11) is 1.71. The lowest BCUT2D eigenvalue weighted by molar-refractivity contribution is -0.688. The molecule has 0 unspecified atom stereocenters. The number of halogens is 1. The average Bonchev–Trinajstić information content (AvgIpc) is 3.27. The lowest BCUT2D eigenvalue weighted by atomic mass is 10.0. The maximum Gasteiger partial charge on any atom is 0.352 e. The number of amides is 1. The molecule has 0 aliphatic carbocycles. The van der Waals surface area contributed by atoms with Crippen molar-refractivity contribution >= 4 is 41.1 Å². The highest BCUT2D eigenvalue weighted by molar-refractivity contribution is 8.01. The Kier molecular flexibility index (Phi) is 6.43. The van der Waals surface area contributed by atoms with Gasteiger partial charge in [-0.3, -0.25) is 9.69 Å². The van der Waals surface area contributed by atoms with Crippen LogP contribution in [0.15, 0.2) is 65.2 Å². The number of β-lactam (4-membered cyclic amide) rings is 1. The number of pyridine rings is 1. The van der Waals surface area contributed by atoms with E-state index in [1.54, 1.807) is 19.2 Å². The molecule has 1 fully saturated rings. The third-order valence-corrected chi connectivity index (χ3v) is 8.13. The number of carbonyl (C=O) groups excluding carboxylic acids is 1. The first-order valence-corrected chi connectivity index (χ1v) is 12.7. The molecule has 1 aromatic carbocycles. The van der Waals surface area contributed by atoms with Gasteiger partial charge in [0.1, 0.15) is 22.9 Å². The molecule has 5 rings (SSSR count). The molecule has 2 N–H and O–H groups in total. The fourth-order valence-electron chi connectivity index (χ4n) is 3.93. The molecule has 180 valence electrons. The Labute approximate surface area is 208 Å². The predicted octanol–water partition coefficient (Wildman–Crippen LogP) is 1.51. The van der Waals surface area contributed by atoms with Crippen LogP contribution in [0.2, 0.25) is 0 Å². The van der Waals surface area contributed by atoms with Gasteiger partial charge in [-0.05, 0) is 40.3 Å². The van der Waals surface area contributed by atoms with Crippen molar-refractivity contribution in [2.24, 2.45) is 7.05 Å². The zero-order valence-electron chi connectivity index (χ0n) is 18.5. The Morgan fingerprint density at radius 2 is 2.03 bits per heavy atom. The van der Waals surface area contributed by atoms with E-state index in [0.717, 1.165) is 11.3 Å². The van der Waals surface area contributed by atoms with Crippen LogP contribution in [0.1, 0.15) is 5.56 Å². The molecule has 0 saturated carbocycles. The summed E-state index contributed by atoms with van der Waals surface area (Å²) < 4.78 is 16.6. The number of carboxylic acids is 1. The zero-order valence-corrected chi connectivity index (χ0v) is 20.2. The number of anilines is 1. The number of benzene rings is 1. The number of nitrogens with one attached hydrogen (secondary N) is 1. The molecule has 2 aromatic heterocycles. The Hall–Kier alpha value is -3.45. The van der Waals surface area contributed by atoms with Crippen molar-refractivity contribution in [2.45, 2.75) is 23.1 Å². The summed E-state index contributed by atoms with van der Waals surface area (Å²) in [5.74, 6) is -0.781. The van der Waals surface area contributed by atoms with Crippen LogP contribution in [0.3, 0.4) is 0 Å². The van der Waals surface area contributed by atoms with Crippen LogP contribution in [0.25, 0.3) is 0 Å². The van der Waals surface area contributed by atoms with Gasteiger partial charge in [0.15, 0.2) is 18.9 Å². The molecular formula is C22H21FN7O3S2+. The van der Waals surface area contributed by atoms with E-state index in [1.807, 2.05) is 29.1 Å². The molecule has 2 aliphatic heterocycles. The van der Waals surface area contributed by atoms with Crippen molar-refractivity contribution < 1.29 is 23.7 Å². The number of aromatic nitrogens is 5. The molecule has 0 bridgehead atoms. The minimum atomic E-state index is -1.12. The molecular weight excluding hydrogens is 493 g/mol. The van der Waals surface area contributed by atoms with Gasteiger partial charge < -0.3 is 10.4 Å². The van der Waals surface area contributed by atoms with E-state index in [2.05, 4.69) is 20.8 Å². The third-order valence-electron chi connectivity index (χ3n) is 5.70. The van der Waals surface area contributed by atoms with Crippen LogP contribution in [-0.2, 0) is 23.2 Å². The molecule has 2 aliphatic rings. The van der Waals surface area contributed by atoms with Crippen molar-refractivity contribution in [3.05, 3.63) is 71.4 Å². The van der Waals surface area contributed by atoms with Gasteiger partial charge in [-0.1, -0.05) is 11.8 Å². The largest absolute Gasteiger partial charge is 0.477 e. The Balaban J connectivity index is 1.24. The normalized spacial score (nSPS) is 19.4. The zero-order chi connectivity index (χ0) is 24.5. The minimum absolute atomic E-state index is 0.0460. The quantitative estimate of drug-likeness (QED) is 0.262. The molecule has 1 amide bonds. The standard InChI is InChI=1S/C22H20FN7O3S2/c1-28-22(25-26-27-28)35-12-14-11-34-20-17(19(31)30(20)18(14)21(32)33)24-16-6-8-29(9-7-16)10-13-2-4-15(23)5-3-13/h2-9,17,20H,10-12H2,1H3,(H,32,33)/p+1/t17-,20-/m1/s1. The summed E-state index contributed by atoms with van der Waals surface area (Å²) in [6.07, 6.45) is 3.75. The Bertz CT molecular complexity index is 1300. The molecule has 13 heteroatoms. The van der Waals surface area contributed by atoms with E-state index < -0.39 is 12.0 Å². The van der Waals surface area contributed by atoms with Gasteiger partial charge >= 0.3 is 5.97 Å². The first-order valence-electron chi connectivity index (χ1n) is 10.7. The highest BCUT2D eigenvalue weighted by atomic mass is 32.2. The number of rotatable bonds is 8. The number of fused-ring (bicyclic) bond motifs is 1. The molecule has 0 radical (unpaired) electrons. The molecule has 2 atom stereocenters. The maximum absolute atomic E-state index is 13.1. The first-order chi connectivity index (χ1) is 16.9. The summed E-state index contributed by atoms with van der Waals surface area (Å²) in [5, 5.41) is 24.6. The molecule has 0 spiro atoms. The lowest BCUT2D eigenvalue weighted by Gasteiger charge is -2.49. The second kappa shape index (κ2) is 9.66. The van der Waals surface area contributed by atoms with Crippen molar-refractivity contribution in [2.75, 3.05) is 16.8 Å². The number of carbonyl (C=O) groups is 2. The second-order valence-corrected chi connectivity index (χ2v) is 10.1. The number of tetrazole rings is 1. The van der Waals surface area contributed by atoms with Crippen molar-refractivity contribution in [3.8, 4) is 0 Å². The van der Waals surface area contributed by atoms with E-state index in [4.69, 9.17) is 0 Å². The van der Waals surface area contributed by atoms with E-state index in [1.165, 1.54) is 45.2 Å². The summed E-state index contributed by atoms with van der Waals surface area (Å²) in [6.45, 7) is 0.590. The van der Waals surface area contributed by atoms with E-state index >= 15 is 0 Å². The fraction of sp³-hybridized carbons (Fsp3) is 0.273. The summed E-state index contributed by atoms with van der Waals surface area (Å²) in [6, 6.07) is 9.54. The maximum atomic E-state index is 13.1. The summed E-state index contributed by atoms with van der Waals surface area (Å²) in [4.78, 5) is 26.4. The van der Waals surface area contributed by atoms with Crippen LogP contribution < -0.4 is 9.88 Å². The molecule has 1 saturated heterocycles. The average molecular weight is 515 g/mol. The van der Waals surface area contributed by atoms with Gasteiger partial charge in [0, 0.05) is 41.9 Å². The second-order valence-electron chi connectivity index (χ2n) is 8.05. The fourth-order valence-corrected chi connectivity index (χ4v) is 6.26. The number of aryl methyl sites for hydroxylation is 1. The number of hydrogen-bond acceptors (Lipinski definition) is 8. The van der Waals surface area contributed by atoms with Crippen LogP contribution >= 0.6 is 23.5 Å². The topological polar surface area (TPSA) is 117 Å². The predicted molar refractivity (Wildman–Crippen MR) is 127 cm³/mol. The minimum Gasteiger partial charge on any atom is -0.477 e. The van der Waals surface area contributed by atoms with Crippen LogP contribution in [0.4, 0.5) is 10.1 Å². The third kappa shape index (κ3) is 4.73. The summed E-state index contributed by atoms with van der Waals surface area (Å²) in [5.41, 5.74) is 2.44. The lowest BCUT2D eigenvalue weighted by Crippen LogP contribution is -2.67. The van der Waals surface area contributed by atoms with E-state index in [0.29, 0.717) is 28.8 Å². The Morgan fingerprint density at radius 3 is 2.69 bits per heavy atom. The van der Waals surface area contributed by atoms with Gasteiger partial charge in [-0.2, -0.15) is 0 Å². The molecule has 3 aromatic rings. The number of thioether (sulfide) groups is 2. The van der Waals surface area contributed by atoms with Gasteiger partial charge in [-0.25, -0.2) is 18.4 Å². The van der Waals surface area contributed by atoms with Gasteiger partial charge in [0.05, 0.1) is 0 Å². The van der Waals surface area contributed by atoms with E-state index in [9.17, 15) is 19.1 Å². The number of hydrogen-bond donors (Lipinski definition) is 2. The number of carboxylic acid groups (broad SMARTS) is 1. The van der Waals surface area contributed by atoms with Gasteiger partial charge in [0.2, 0.25) is 5.16 Å². The molecule has 4 heterocycles. The van der Waals surface area contributed by atoms with Crippen LogP contribution in [0, 0.1) is 5.82 Å². The highest BCUT2D eigenvalue weighted by Crippen LogP contribution is 2.42. The van der Waals surface area contributed by atoms with Crippen LogP contribution in [-0.4, -0.2) is 65.0 Å². The SMILES string of the molecule is Cn1nnnc1SCC1=C(C(=O)O)N2C(=O)[C@@H](Nc3cc[n+](Cc4ccc(F)cc4)cc3)[C@H]2SC1. The number of aliphatic carboxylic acids is 1.